The van der Waals surface area contributed by atoms with Crippen molar-refractivity contribution in [3.8, 4) is 0 Å². The molecule has 2 saturated heterocycles. The maximum atomic E-state index is 12.2. The SMILES string of the molecule is CC(=O)c1cn(CCCN2C3CCC2CC(CCc2ccc(Cl)cc2)C3)c2c(C)cccc12. The number of aromatic nitrogens is 1. The Labute approximate surface area is 202 Å². The van der Waals surface area contributed by atoms with Gasteiger partial charge in [0.25, 0.3) is 0 Å². The van der Waals surface area contributed by atoms with Crippen LogP contribution < -0.4 is 0 Å². The minimum Gasteiger partial charge on any atom is -0.346 e. The summed E-state index contributed by atoms with van der Waals surface area (Å²) in [4.78, 5) is 15.0. The van der Waals surface area contributed by atoms with E-state index in [0.29, 0.717) is 0 Å². The first-order valence-corrected chi connectivity index (χ1v) is 13.0. The lowest BCUT2D eigenvalue weighted by atomic mass is 9.86. The standard InChI is InChI=1S/C29H35ClN2O/c1-20-5-3-6-27-28(21(2)33)19-31(29(20)27)15-4-16-32-25-13-14-26(32)18-23(17-25)8-7-22-9-11-24(30)12-10-22/h3,5-6,9-12,19,23,25-26H,4,7-8,13-18H2,1-2H3. The predicted molar refractivity (Wildman–Crippen MR) is 137 cm³/mol. The fourth-order valence-electron chi connectivity index (χ4n) is 6.44. The first-order chi connectivity index (χ1) is 16.0. The van der Waals surface area contributed by atoms with Crippen LogP contribution in [-0.2, 0) is 13.0 Å². The van der Waals surface area contributed by atoms with Crippen LogP contribution in [0, 0.1) is 12.8 Å². The van der Waals surface area contributed by atoms with Crippen LogP contribution in [0.25, 0.3) is 10.9 Å². The van der Waals surface area contributed by atoms with Crippen molar-refractivity contribution in [2.75, 3.05) is 6.54 Å². The molecule has 0 amide bonds. The molecule has 2 bridgehead atoms. The Bertz CT molecular complexity index is 1120. The Morgan fingerprint density at radius 1 is 1.03 bits per heavy atom. The highest BCUT2D eigenvalue weighted by molar-refractivity contribution is 6.30. The summed E-state index contributed by atoms with van der Waals surface area (Å²) >= 11 is 6.03. The molecule has 33 heavy (non-hydrogen) atoms. The number of nitrogens with zero attached hydrogens (tertiary/aromatic N) is 2. The zero-order valence-corrected chi connectivity index (χ0v) is 20.7. The number of fused-ring (bicyclic) bond motifs is 3. The zero-order chi connectivity index (χ0) is 22.9. The van der Waals surface area contributed by atoms with Gasteiger partial charge in [-0.2, -0.15) is 0 Å². The van der Waals surface area contributed by atoms with Crippen molar-refractivity contribution in [2.45, 2.75) is 77.4 Å². The van der Waals surface area contributed by atoms with Gasteiger partial charge in [0.1, 0.15) is 0 Å². The summed E-state index contributed by atoms with van der Waals surface area (Å²) in [6.45, 7) is 5.97. The van der Waals surface area contributed by atoms with E-state index in [-0.39, 0.29) is 5.78 Å². The third-order valence-electron chi connectivity index (χ3n) is 8.03. The normalized spacial score (nSPS) is 22.8. The van der Waals surface area contributed by atoms with Crippen LogP contribution in [0.4, 0.5) is 0 Å². The average Bonchev–Trinajstić information content (AvgIpc) is 3.28. The fraction of sp³-hybridized carbons (Fsp3) is 0.483. The van der Waals surface area contributed by atoms with E-state index in [1.165, 1.54) is 61.7 Å². The van der Waals surface area contributed by atoms with Crippen molar-refractivity contribution in [3.05, 3.63) is 70.4 Å². The monoisotopic (exact) mass is 462 g/mol. The molecule has 174 valence electrons. The molecule has 0 N–H and O–H groups in total. The topological polar surface area (TPSA) is 25.2 Å². The van der Waals surface area contributed by atoms with Crippen LogP contribution in [0.15, 0.2) is 48.7 Å². The lowest BCUT2D eigenvalue weighted by Crippen LogP contribution is -2.43. The number of aryl methyl sites for hydroxylation is 3. The molecular weight excluding hydrogens is 428 g/mol. The summed E-state index contributed by atoms with van der Waals surface area (Å²) in [6, 6.07) is 16.2. The number of piperidine rings is 1. The van der Waals surface area contributed by atoms with Gasteiger partial charge in [-0.1, -0.05) is 41.9 Å². The van der Waals surface area contributed by atoms with Crippen molar-refractivity contribution in [3.63, 3.8) is 0 Å². The molecule has 3 heterocycles. The molecule has 0 saturated carbocycles. The Morgan fingerprint density at radius 3 is 2.45 bits per heavy atom. The number of halogens is 1. The summed E-state index contributed by atoms with van der Waals surface area (Å²) in [6.07, 6.45) is 11.1. The minimum atomic E-state index is 0.156. The number of Topliss-reactive ketones (excluding diaryl/α,β-unsaturated/α-hetero) is 1. The van der Waals surface area contributed by atoms with Gasteiger partial charge >= 0.3 is 0 Å². The number of hydrogen-bond donors (Lipinski definition) is 0. The van der Waals surface area contributed by atoms with E-state index in [9.17, 15) is 4.79 Å². The highest BCUT2D eigenvalue weighted by atomic mass is 35.5. The number of benzene rings is 2. The maximum Gasteiger partial charge on any atom is 0.161 e. The third kappa shape index (κ3) is 4.76. The first kappa shape index (κ1) is 22.7. The summed E-state index contributed by atoms with van der Waals surface area (Å²) < 4.78 is 2.32. The first-order valence-electron chi connectivity index (χ1n) is 12.6. The van der Waals surface area contributed by atoms with Gasteiger partial charge < -0.3 is 4.57 Å². The van der Waals surface area contributed by atoms with Gasteiger partial charge in [0, 0.05) is 47.3 Å². The van der Waals surface area contributed by atoms with E-state index in [2.05, 4.69) is 52.9 Å². The number of rotatable bonds is 8. The van der Waals surface area contributed by atoms with Gasteiger partial charge in [-0.3, -0.25) is 9.69 Å². The molecule has 2 unspecified atom stereocenters. The van der Waals surface area contributed by atoms with Crippen molar-refractivity contribution < 1.29 is 4.79 Å². The van der Waals surface area contributed by atoms with Crippen LogP contribution in [0.3, 0.4) is 0 Å². The number of hydrogen-bond acceptors (Lipinski definition) is 2. The van der Waals surface area contributed by atoms with Gasteiger partial charge in [-0.25, -0.2) is 0 Å². The minimum absolute atomic E-state index is 0.156. The Hall–Kier alpha value is -2.10. The third-order valence-corrected chi connectivity index (χ3v) is 8.28. The lowest BCUT2D eigenvalue weighted by Gasteiger charge is -2.39. The van der Waals surface area contributed by atoms with E-state index in [4.69, 9.17) is 11.6 Å². The van der Waals surface area contributed by atoms with E-state index >= 15 is 0 Å². The van der Waals surface area contributed by atoms with Gasteiger partial charge in [-0.15, -0.1) is 0 Å². The van der Waals surface area contributed by atoms with Crippen molar-refractivity contribution >= 4 is 28.3 Å². The van der Waals surface area contributed by atoms with Crippen molar-refractivity contribution in [1.82, 2.24) is 9.47 Å². The molecule has 0 radical (unpaired) electrons. The van der Waals surface area contributed by atoms with E-state index < -0.39 is 0 Å². The quantitative estimate of drug-likeness (QED) is 0.334. The second-order valence-electron chi connectivity index (χ2n) is 10.2. The molecule has 4 heteroatoms. The van der Waals surface area contributed by atoms with Gasteiger partial charge in [0.05, 0.1) is 5.52 Å². The Kier molecular flexibility index (Phi) is 6.62. The molecule has 3 nitrogen and oxygen atoms in total. The number of carbonyl (C=O) groups is 1. The average molecular weight is 463 g/mol. The number of ketones is 1. The smallest absolute Gasteiger partial charge is 0.161 e. The summed E-state index contributed by atoms with van der Waals surface area (Å²) in [5.74, 6) is 1.01. The van der Waals surface area contributed by atoms with Crippen LogP contribution >= 0.6 is 11.6 Å². The lowest BCUT2D eigenvalue weighted by molar-refractivity contribution is 0.0978. The molecular formula is C29H35ClN2O. The van der Waals surface area contributed by atoms with E-state index in [1.807, 2.05) is 12.1 Å². The molecule has 5 rings (SSSR count). The second kappa shape index (κ2) is 9.64. The van der Waals surface area contributed by atoms with Crippen LogP contribution in [-0.4, -0.2) is 33.9 Å². The summed E-state index contributed by atoms with van der Waals surface area (Å²) in [7, 11) is 0. The molecule has 2 atom stereocenters. The molecule has 0 spiro atoms. The number of carbonyl (C=O) groups excluding carboxylic acids is 1. The summed E-state index contributed by atoms with van der Waals surface area (Å²) in [5, 5.41) is 1.93. The molecule has 2 aliphatic rings. The molecule has 3 aromatic rings. The molecule has 2 aromatic carbocycles. The fourth-order valence-corrected chi connectivity index (χ4v) is 6.56. The van der Waals surface area contributed by atoms with Crippen LogP contribution in [0.5, 0.6) is 0 Å². The van der Waals surface area contributed by atoms with Crippen molar-refractivity contribution in [2.24, 2.45) is 5.92 Å². The van der Waals surface area contributed by atoms with E-state index in [1.54, 1.807) is 6.92 Å². The highest BCUT2D eigenvalue weighted by Gasteiger charge is 2.39. The zero-order valence-electron chi connectivity index (χ0n) is 19.9. The Balaban J connectivity index is 1.18. The Morgan fingerprint density at radius 2 is 1.76 bits per heavy atom. The van der Waals surface area contributed by atoms with Gasteiger partial charge in [0.15, 0.2) is 5.78 Å². The number of para-hydroxylation sites is 1. The van der Waals surface area contributed by atoms with Crippen LogP contribution in [0.2, 0.25) is 5.02 Å². The van der Waals surface area contributed by atoms with Crippen LogP contribution in [0.1, 0.15) is 66.9 Å². The van der Waals surface area contributed by atoms with Gasteiger partial charge in [-0.05, 0) is 88.0 Å². The predicted octanol–water partition coefficient (Wildman–Crippen LogP) is 7.07. The summed E-state index contributed by atoms with van der Waals surface area (Å²) in [5.41, 5.74) is 4.75. The van der Waals surface area contributed by atoms with Gasteiger partial charge in [0.2, 0.25) is 0 Å². The van der Waals surface area contributed by atoms with Crippen molar-refractivity contribution in [1.29, 1.82) is 0 Å². The largest absolute Gasteiger partial charge is 0.346 e. The molecule has 2 fully saturated rings. The molecule has 2 aliphatic heterocycles. The van der Waals surface area contributed by atoms with E-state index in [0.717, 1.165) is 46.9 Å². The molecule has 1 aromatic heterocycles. The second-order valence-corrected chi connectivity index (χ2v) is 10.7. The maximum absolute atomic E-state index is 12.2. The molecule has 0 aliphatic carbocycles. The highest BCUT2D eigenvalue weighted by Crippen LogP contribution is 2.40.